The maximum atomic E-state index is 16.1. The Labute approximate surface area is 193 Å². The molecule has 2 N–H and O–H groups in total. The van der Waals surface area contributed by atoms with Crippen molar-refractivity contribution < 1.29 is 23.4 Å². The standard InChI is InChI=1S/C25H20F2N4O3/c1-4-15-17(26)9-8-12-10-14(32)11-16(18(12)15)21-20(27)22-19(24(29-21)33-2)23(28-13-6-5-7-13)31-25(30-22)34-3/h1,8-11,13,32H,5-7H2,2-3H3,(H,28,30,31). The van der Waals surface area contributed by atoms with Gasteiger partial charge < -0.3 is 19.9 Å². The number of nitrogens with zero attached hydrogens (tertiary/aromatic N) is 3. The zero-order chi connectivity index (χ0) is 24.0. The van der Waals surface area contributed by atoms with Gasteiger partial charge in [0.15, 0.2) is 5.82 Å². The summed E-state index contributed by atoms with van der Waals surface area (Å²) in [5, 5.41) is 14.5. The number of ether oxygens (including phenoxy) is 2. The summed E-state index contributed by atoms with van der Waals surface area (Å²) in [6.45, 7) is 0. The van der Waals surface area contributed by atoms with E-state index in [1.807, 2.05) is 0 Å². The van der Waals surface area contributed by atoms with Crippen LogP contribution in [0.5, 0.6) is 17.6 Å². The number of phenolic OH excluding ortho intramolecular Hbond substituents is 1. The normalized spacial score (nSPS) is 13.5. The summed E-state index contributed by atoms with van der Waals surface area (Å²) in [6.07, 6.45) is 8.58. The van der Waals surface area contributed by atoms with Crippen molar-refractivity contribution in [3.8, 4) is 41.2 Å². The number of aromatic nitrogens is 3. The van der Waals surface area contributed by atoms with Crippen LogP contribution in [0.1, 0.15) is 24.8 Å². The van der Waals surface area contributed by atoms with E-state index >= 15 is 4.39 Å². The summed E-state index contributed by atoms with van der Waals surface area (Å²) in [4.78, 5) is 13.0. The minimum Gasteiger partial charge on any atom is -0.508 e. The largest absolute Gasteiger partial charge is 0.508 e. The highest BCUT2D eigenvalue weighted by atomic mass is 19.1. The predicted molar refractivity (Wildman–Crippen MR) is 124 cm³/mol. The van der Waals surface area contributed by atoms with Gasteiger partial charge in [0.25, 0.3) is 0 Å². The van der Waals surface area contributed by atoms with Gasteiger partial charge in [-0.2, -0.15) is 9.97 Å². The summed E-state index contributed by atoms with van der Waals surface area (Å²) in [7, 11) is 2.78. The van der Waals surface area contributed by atoms with E-state index in [1.165, 1.54) is 38.5 Å². The molecule has 4 aromatic rings. The van der Waals surface area contributed by atoms with Gasteiger partial charge in [-0.3, -0.25) is 0 Å². The van der Waals surface area contributed by atoms with Gasteiger partial charge >= 0.3 is 6.01 Å². The maximum absolute atomic E-state index is 16.1. The summed E-state index contributed by atoms with van der Waals surface area (Å²) < 4.78 is 41.3. The van der Waals surface area contributed by atoms with Gasteiger partial charge in [-0.1, -0.05) is 12.0 Å². The van der Waals surface area contributed by atoms with E-state index in [0.717, 1.165) is 19.3 Å². The summed E-state index contributed by atoms with van der Waals surface area (Å²) in [5.74, 6) is 1.11. The van der Waals surface area contributed by atoms with Gasteiger partial charge in [0.05, 0.1) is 19.8 Å². The highest BCUT2D eigenvalue weighted by molar-refractivity contribution is 6.04. The maximum Gasteiger partial charge on any atom is 0.318 e. The number of phenols is 1. The van der Waals surface area contributed by atoms with Crippen LogP contribution < -0.4 is 14.8 Å². The number of benzene rings is 2. The summed E-state index contributed by atoms with van der Waals surface area (Å²) in [6, 6.07) is 5.50. The summed E-state index contributed by atoms with van der Waals surface area (Å²) in [5.41, 5.74) is -0.264. The molecule has 1 saturated carbocycles. The second kappa shape index (κ2) is 8.30. The number of rotatable bonds is 5. The van der Waals surface area contributed by atoms with Gasteiger partial charge in [0, 0.05) is 17.0 Å². The molecule has 1 aliphatic carbocycles. The van der Waals surface area contributed by atoms with Gasteiger partial charge in [0.2, 0.25) is 5.88 Å². The molecule has 7 nitrogen and oxygen atoms in total. The Kier molecular flexibility index (Phi) is 5.28. The van der Waals surface area contributed by atoms with Crippen molar-refractivity contribution in [2.45, 2.75) is 25.3 Å². The van der Waals surface area contributed by atoms with Crippen LogP contribution in [0.4, 0.5) is 14.6 Å². The lowest BCUT2D eigenvalue weighted by Crippen LogP contribution is -2.27. The first kappa shape index (κ1) is 21.6. The number of pyridine rings is 1. The Hall–Kier alpha value is -4.19. The monoisotopic (exact) mass is 462 g/mol. The second-order valence-corrected chi connectivity index (χ2v) is 8.00. The molecule has 0 spiro atoms. The Morgan fingerprint density at radius 3 is 2.53 bits per heavy atom. The van der Waals surface area contributed by atoms with E-state index in [2.05, 4.69) is 26.2 Å². The van der Waals surface area contributed by atoms with Crippen LogP contribution in [-0.4, -0.2) is 40.3 Å². The number of anilines is 1. The van der Waals surface area contributed by atoms with Crippen LogP contribution in [-0.2, 0) is 0 Å². The number of fused-ring (bicyclic) bond motifs is 2. The first-order valence-corrected chi connectivity index (χ1v) is 10.6. The zero-order valence-electron chi connectivity index (χ0n) is 18.4. The zero-order valence-corrected chi connectivity index (χ0v) is 18.4. The smallest absolute Gasteiger partial charge is 0.318 e. The fourth-order valence-corrected chi connectivity index (χ4v) is 4.14. The molecule has 1 aliphatic rings. The van der Waals surface area contributed by atoms with Crippen molar-refractivity contribution in [3.05, 3.63) is 41.5 Å². The van der Waals surface area contributed by atoms with Crippen LogP contribution in [0.2, 0.25) is 0 Å². The third kappa shape index (κ3) is 3.39. The highest BCUT2D eigenvalue weighted by Crippen LogP contribution is 2.41. The van der Waals surface area contributed by atoms with Gasteiger partial charge in [-0.05, 0) is 42.8 Å². The molecule has 0 radical (unpaired) electrons. The van der Waals surface area contributed by atoms with Crippen LogP contribution in [0.25, 0.3) is 32.9 Å². The fourth-order valence-electron chi connectivity index (χ4n) is 4.14. The SMILES string of the molecule is C#Cc1c(F)ccc2cc(O)cc(-c3nc(OC)c4c(NC5CCC5)nc(OC)nc4c3F)c12. The molecule has 0 bridgehead atoms. The Bertz CT molecular complexity index is 1500. The number of halogens is 2. The fraction of sp³-hybridized carbons (Fsp3) is 0.240. The molecular formula is C25H20F2N4O3. The molecule has 172 valence electrons. The average Bonchev–Trinajstić information content (AvgIpc) is 2.81. The average molecular weight is 462 g/mol. The van der Waals surface area contributed by atoms with Crippen molar-refractivity contribution >= 4 is 27.5 Å². The van der Waals surface area contributed by atoms with Crippen molar-refractivity contribution in [2.75, 3.05) is 19.5 Å². The van der Waals surface area contributed by atoms with E-state index in [0.29, 0.717) is 11.2 Å². The topological polar surface area (TPSA) is 89.4 Å². The highest BCUT2D eigenvalue weighted by Gasteiger charge is 2.27. The lowest BCUT2D eigenvalue weighted by molar-refractivity contribution is 0.379. The molecular weight excluding hydrogens is 442 g/mol. The van der Waals surface area contributed by atoms with Crippen LogP contribution in [0, 0.1) is 24.0 Å². The van der Waals surface area contributed by atoms with Gasteiger partial charge in [-0.15, -0.1) is 6.42 Å². The van der Waals surface area contributed by atoms with E-state index in [4.69, 9.17) is 15.9 Å². The molecule has 2 aromatic carbocycles. The molecule has 1 fully saturated rings. The number of methoxy groups -OCH3 is 2. The second-order valence-electron chi connectivity index (χ2n) is 8.00. The first-order valence-electron chi connectivity index (χ1n) is 10.6. The third-order valence-electron chi connectivity index (χ3n) is 6.00. The summed E-state index contributed by atoms with van der Waals surface area (Å²) >= 11 is 0. The lowest BCUT2D eigenvalue weighted by atomic mass is 9.93. The van der Waals surface area contributed by atoms with E-state index in [1.54, 1.807) is 0 Å². The van der Waals surface area contributed by atoms with Crippen LogP contribution in [0.15, 0.2) is 24.3 Å². The van der Waals surface area contributed by atoms with Crippen molar-refractivity contribution in [2.24, 2.45) is 0 Å². The van der Waals surface area contributed by atoms with Crippen LogP contribution >= 0.6 is 0 Å². The Balaban J connectivity index is 1.86. The molecule has 2 aromatic heterocycles. The predicted octanol–water partition coefficient (Wildman–Crippen LogP) is 4.79. The number of hydrogen-bond acceptors (Lipinski definition) is 7. The molecule has 5 rings (SSSR count). The van der Waals surface area contributed by atoms with Gasteiger partial charge in [-0.25, -0.2) is 13.8 Å². The molecule has 0 atom stereocenters. The number of terminal acetylenes is 1. The van der Waals surface area contributed by atoms with Crippen LogP contribution in [0.3, 0.4) is 0 Å². The first-order chi connectivity index (χ1) is 16.4. The van der Waals surface area contributed by atoms with Crippen molar-refractivity contribution in [1.29, 1.82) is 0 Å². The molecule has 0 aliphatic heterocycles. The molecule has 34 heavy (non-hydrogen) atoms. The lowest BCUT2D eigenvalue weighted by Gasteiger charge is -2.27. The van der Waals surface area contributed by atoms with Gasteiger partial charge in [0.1, 0.15) is 34.0 Å². The van der Waals surface area contributed by atoms with E-state index < -0.39 is 11.6 Å². The van der Waals surface area contributed by atoms with E-state index in [9.17, 15) is 9.50 Å². The Morgan fingerprint density at radius 2 is 1.88 bits per heavy atom. The van der Waals surface area contributed by atoms with Crippen molar-refractivity contribution in [3.63, 3.8) is 0 Å². The molecule has 0 amide bonds. The minimum atomic E-state index is -0.813. The number of hydrogen-bond donors (Lipinski definition) is 2. The molecule has 9 heteroatoms. The quantitative estimate of drug-likeness (QED) is 0.412. The minimum absolute atomic E-state index is 0.0384. The molecule has 2 heterocycles. The van der Waals surface area contributed by atoms with Crippen molar-refractivity contribution in [1.82, 2.24) is 15.0 Å². The third-order valence-corrected chi connectivity index (χ3v) is 6.00. The van der Waals surface area contributed by atoms with E-state index in [-0.39, 0.29) is 56.8 Å². The molecule has 0 unspecified atom stereocenters. The Morgan fingerprint density at radius 1 is 1.09 bits per heavy atom. The molecule has 0 saturated heterocycles. The number of nitrogens with one attached hydrogen (secondary N) is 1. The number of aromatic hydroxyl groups is 1.